The second-order valence-corrected chi connectivity index (χ2v) is 6.82. The molecule has 140 valence electrons. The second kappa shape index (κ2) is 11.1. The molecule has 4 heteroatoms. The van der Waals surface area contributed by atoms with Crippen molar-refractivity contribution in [2.24, 2.45) is 0 Å². The van der Waals surface area contributed by atoms with E-state index >= 15 is 0 Å². The van der Waals surface area contributed by atoms with E-state index in [4.69, 9.17) is 9.47 Å². The van der Waals surface area contributed by atoms with E-state index in [2.05, 4.69) is 19.2 Å². The Morgan fingerprint density at radius 2 is 1.72 bits per heavy atom. The van der Waals surface area contributed by atoms with Crippen LogP contribution in [0.3, 0.4) is 0 Å². The Hall–Kier alpha value is -1.55. The first kappa shape index (κ1) is 19.8. The minimum absolute atomic E-state index is 0.159. The van der Waals surface area contributed by atoms with Crippen molar-refractivity contribution in [2.75, 3.05) is 19.8 Å². The van der Waals surface area contributed by atoms with Gasteiger partial charge < -0.3 is 14.8 Å². The van der Waals surface area contributed by atoms with Crippen LogP contribution < -0.4 is 14.8 Å². The third kappa shape index (κ3) is 6.69. The molecule has 25 heavy (non-hydrogen) atoms. The Morgan fingerprint density at radius 3 is 2.40 bits per heavy atom. The zero-order valence-electron chi connectivity index (χ0n) is 15.8. The van der Waals surface area contributed by atoms with Gasteiger partial charge in [-0.25, -0.2) is 0 Å². The van der Waals surface area contributed by atoms with Crippen LogP contribution in [-0.2, 0) is 0 Å². The highest BCUT2D eigenvalue weighted by Crippen LogP contribution is 2.29. The van der Waals surface area contributed by atoms with E-state index < -0.39 is 0 Å². The molecule has 1 aliphatic rings. The normalized spacial score (nSPS) is 15.1. The van der Waals surface area contributed by atoms with Crippen molar-refractivity contribution in [1.29, 1.82) is 0 Å². The largest absolute Gasteiger partial charge is 0.490 e. The van der Waals surface area contributed by atoms with Gasteiger partial charge >= 0.3 is 0 Å². The Balaban J connectivity index is 1.90. The van der Waals surface area contributed by atoms with Gasteiger partial charge in [-0.15, -0.1) is 0 Å². The molecule has 0 radical (unpaired) electrons. The molecule has 4 nitrogen and oxygen atoms in total. The fourth-order valence-corrected chi connectivity index (χ4v) is 3.18. The van der Waals surface area contributed by atoms with E-state index in [0.717, 1.165) is 25.1 Å². The van der Waals surface area contributed by atoms with Crippen molar-refractivity contribution in [2.45, 2.75) is 71.3 Å². The highest BCUT2D eigenvalue weighted by molar-refractivity contribution is 5.96. The van der Waals surface area contributed by atoms with Gasteiger partial charge in [0.05, 0.1) is 13.2 Å². The van der Waals surface area contributed by atoms with Crippen molar-refractivity contribution in [3.8, 4) is 11.5 Å². The van der Waals surface area contributed by atoms with E-state index in [1.165, 1.54) is 32.1 Å². The average Bonchev–Trinajstić information content (AvgIpc) is 2.65. The Morgan fingerprint density at radius 1 is 1.04 bits per heavy atom. The van der Waals surface area contributed by atoms with Crippen molar-refractivity contribution in [3.05, 3.63) is 23.8 Å². The molecule has 1 fully saturated rings. The molecule has 1 aromatic carbocycles. The van der Waals surface area contributed by atoms with E-state index in [-0.39, 0.29) is 5.78 Å². The maximum atomic E-state index is 12.5. The van der Waals surface area contributed by atoms with Gasteiger partial charge in [0.2, 0.25) is 0 Å². The Labute approximate surface area is 152 Å². The highest BCUT2D eigenvalue weighted by Gasteiger charge is 2.15. The van der Waals surface area contributed by atoms with Gasteiger partial charge in [0.15, 0.2) is 17.3 Å². The number of ketones is 1. The maximum absolute atomic E-state index is 12.5. The summed E-state index contributed by atoms with van der Waals surface area (Å²) in [5.74, 6) is 1.57. The number of hydrogen-bond acceptors (Lipinski definition) is 4. The molecule has 1 aromatic rings. The van der Waals surface area contributed by atoms with Crippen molar-refractivity contribution in [1.82, 2.24) is 5.32 Å². The molecule has 1 aliphatic carbocycles. The lowest BCUT2D eigenvalue weighted by molar-refractivity contribution is 0.0980. The average molecular weight is 347 g/mol. The van der Waals surface area contributed by atoms with Crippen molar-refractivity contribution < 1.29 is 14.3 Å². The third-order valence-electron chi connectivity index (χ3n) is 4.58. The molecule has 0 bridgehead atoms. The van der Waals surface area contributed by atoms with Gasteiger partial charge in [0.25, 0.3) is 0 Å². The zero-order chi connectivity index (χ0) is 17.9. The molecule has 0 atom stereocenters. The summed E-state index contributed by atoms with van der Waals surface area (Å²) in [6, 6.07) is 6.15. The maximum Gasteiger partial charge on any atom is 0.164 e. The Kier molecular flexibility index (Phi) is 8.81. The summed E-state index contributed by atoms with van der Waals surface area (Å²) in [6.07, 6.45) is 8.85. The molecule has 1 N–H and O–H groups in total. The van der Waals surface area contributed by atoms with Gasteiger partial charge in [0.1, 0.15) is 0 Å². The lowest BCUT2D eigenvalue weighted by Crippen LogP contribution is -2.32. The molecular formula is C21H33NO3. The van der Waals surface area contributed by atoms with E-state index in [1.807, 2.05) is 18.2 Å². The molecule has 0 heterocycles. The van der Waals surface area contributed by atoms with E-state index in [9.17, 15) is 4.79 Å². The first-order chi connectivity index (χ1) is 12.2. The molecule has 0 amide bonds. The summed E-state index contributed by atoms with van der Waals surface area (Å²) >= 11 is 0. The summed E-state index contributed by atoms with van der Waals surface area (Å²) in [5.41, 5.74) is 0.709. The summed E-state index contributed by atoms with van der Waals surface area (Å²) in [7, 11) is 0. The number of hydrogen-bond donors (Lipinski definition) is 1. The quantitative estimate of drug-likeness (QED) is 0.586. The van der Waals surface area contributed by atoms with Gasteiger partial charge in [0, 0.05) is 24.6 Å². The first-order valence-electron chi connectivity index (χ1n) is 9.90. The number of nitrogens with one attached hydrogen (secondary N) is 1. The van der Waals surface area contributed by atoms with Crippen LogP contribution in [0, 0.1) is 0 Å². The van der Waals surface area contributed by atoms with Crippen LogP contribution in [0.2, 0.25) is 0 Å². The number of Topliss-reactive ketones (excluding diaryl/α,β-unsaturated/α-hetero) is 1. The van der Waals surface area contributed by atoms with Gasteiger partial charge in [-0.3, -0.25) is 4.79 Å². The van der Waals surface area contributed by atoms with Crippen LogP contribution in [0.4, 0.5) is 0 Å². The predicted molar refractivity (Wildman–Crippen MR) is 102 cm³/mol. The number of carbonyl (C=O) groups excluding carboxylic acids is 1. The summed E-state index contributed by atoms with van der Waals surface area (Å²) in [6.45, 7) is 6.18. The minimum Gasteiger partial charge on any atom is -0.490 e. The summed E-state index contributed by atoms with van der Waals surface area (Å²) in [5, 5.41) is 3.53. The SMILES string of the molecule is CCCOc1ccc(C(=O)CCNC2CCCCC2)cc1OCCC. The fourth-order valence-electron chi connectivity index (χ4n) is 3.18. The Bertz CT molecular complexity index is 524. The molecule has 0 unspecified atom stereocenters. The summed E-state index contributed by atoms with van der Waals surface area (Å²) in [4.78, 5) is 12.5. The molecule has 2 rings (SSSR count). The molecule has 0 aliphatic heterocycles. The smallest absolute Gasteiger partial charge is 0.164 e. The lowest BCUT2D eigenvalue weighted by atomic mass is 9.95. The van der Waals surface area contributed by atoms with E-state index in [1.54, 1.807) is 0 Å². The molecule has 0 saturated heterocycles. The van der Waals surface area contributed by atoms with Crippen LogP contribution in [0.15, 0.2) is 18.2 Å². The standard InChI is InChI=1S/C21H33NO3/c1-3-14-24-20-11-10-17(16-21(20)25-15-4-2)19(23)12-13-22-18-8-6-5-7-9-18/h10-11,16,18,22H,3-9,12-15H2,1-2H3. The van der Waals surface area contributed by atoms with Crippen LogP contribution in [0.1, 0.15) is 75.6 Å². The number of rotatable bonds is 11. The number of carbonyl (C=O) groups is 1. The molecular weight excluding hydrogens is 314 g/mol. The zero-order valence-corrected chi connectivity index (χ0v) is 15.8. The monoisotopic (exact) mass is 347 g/mol. The van der Waals surface area contributed by atoms with Crippen molar-refractivity contribution in [3.63, 3.8) is 0 Å². The molecule has 0 aromatic heterocycles. The van der Waals surface area contributed by atoms with Crippen LogP contribution in [-0.4, -0.2) is 31.6 Å². The van der Waals surface area contributed by atoms with Gasteiger partial charge in [-0.1, -0.05) is 33.1 Å². The number of ether oxygens (including phenoxy) is 2. The lowest BCUT2D eigenvalue weighted by Gasteiger charge is -2.22. The van der Waals surface area contributed by atoms with E-state index in [0.29, 0.717) is 37.0 Å². The van der Waals surface area contributed by atoms with Crippen LogP contribution in [0.5, 0.6) is 11.5 Å². The minimum atomic E-state index is 0.159. The van der Waals surface area contributed by atoms with Crippen LogP contribution in [0.25, 0.3) is 0 Å². The van der Waals surface area contributed by atoms with Gasteiger partial charge in [-0.05, 0) is 43.9 Å². The summed E-state index contributed by atoms with van der Waals surface area (Å²) < 4.78 is 11.5. The highest BCUT2D eigenvalue weighted by atomic mass is 16.5. The topological polar surface area (TPSA) is 47.6 Å². The van der Waals surface area contributed by atoms with Crippen molar-refractivity contribution >= 4 is 5.78 Å². The second-order valence-electron chi connectivity index (χ2n) is 6.82. The molecule has 1 saturated carbocycles. The van der Waals surface area contributed by atoms with Crippen LogP contribution >= 0.6 is 0 Å². The predicted octanol–water partition coefficient (Wildman–Crippen LogP) is 4.76. The fraction of sp³-hybridized carbons (Fsp3) is 0.667. The first-order valence-corrected chi connectivity index (χ1v) is 9.90. The number of benzene rings is 1. The van der Waals surface area contributed by atoms with Gasteiger partial charge in [-0.2, -0.15) is 0 Å². The third-order valence-corrected chi connectivity index (χ3v) is 4.58. The molecule has 0 spiro atoms.